The summed E-state index contributed by atoms with van der Waals surface area (Å²) in [7, 11) is 3.00. The highest BCUT2D eigenvalue weighted by atomic mass is 16.5. The van der Waals surface area contributed by atoms with Gasteiger partial charge in [-0.2, -0.15) is 0 Å². The van der Waals surface area contributed by atoms with Crippen LogP contribution >= 0.6 is 0 Å². The smallest absolute Gasteiger partial charge is 0.340 e. The largest absolute Gasteiger partial charge is 0.496 e. The van der Waals surface area contributed by atoms with E-state index in [1.165, 1.54) is 7.11 Å². The minimum Gasteiger partial charge on any atom is -0.496 e. The van der Waals surface area contributed by atoms with Crippen molar-refractivity contribution in [1.82, 2.24) is 4.98 Å². The van der Waals surface area contributed by atoms with Gasteiger partial charge in [0.25, 0.3) is 0 Å². The van der Waals surface area contributed by atoms with E-state index in [0.717, 1.165) is 28.3 Å². The molecular formula is C15H17NO3. The molecule has 1 aromatic carbocycles. The minimum absolute atomic E-state index is 0.345. The number of benzene rings is 1. The normalized spacial score (nSPS) is 10.3. The Hall–Kier alpha value is -2.23. The molecule has 0 spiro atoms. The molecule has 0 saturated carbocycles. The summed E-state index contributed by atoms with van der Waals surface area (Å²) in [4.78, 5) is 15.1. The zero-order valence-corrected chi connectivity index (χ0v) is 11.5. The molecule has 0 fully saturated rings. The Balaban J connectivity index is 2.71. The lowest BCUT2D eigenvalue weighted by molar-refractivity contribution is 0.0601. The summed E-state index contributed by atoms with van der Waals surface area (Å²) in [5, 5.41) is 0. The quantitative estimate of drug-likeness (QED) is 0.862. The van der Waals surface area contributed by atoms with E-state index in [4.69, 9.17) is 9.47 Å². The Labute approximate surface area is 112 Å². The van der Waals surface area contributed by atoms with Crippen LogP contribution in [0.4, 0.5) is 0 Å². The Morgan fingerprint density at radius 3 is 2.42 bits per heavy atom. The van der Waals surface area contributed by atoms with E-state index in [1.54, 1.807) is 7.11 Å². The fourth-order valence-electron chi connectivity index (χ4n) is 2.33. The van der Waals surface area contributed by atoms with E-state index in [-0.39, 0.29) is 5.97 Å². The standard InChI is InChI=1S/C15H17NO3/c1-9-13(11-7-5-6-8-12(11)18-3)14(10(2)16-9)15(17)19-4/h5-8,16H,1-4H3. The molecule has 1 heterocycles. The summed E-state index contributed by atoms with van der Waals surface area (Å²) in [5.74, 6) is 0.387. The molecule has 1 aromatic heterocycles. The van der Waals surface area contributed by atoms with Gasteiger partial charge in [0.05, 0.1) is 19.8 Å². The number of aromatic nitrogens is 1. The van der Waals surface area contributed by atoms with Crippen molar-refractivity contribution in [3.63, 3.8) is 0 Å². The van der Waals surface area contributed by atoms with Crippen molar-refractivity contribution in [3.05, 3.63) is 41.2 Å². The summed E-state index contributed by atoms with van der Waals surface area (Å²) >= 11 is 0. The van der Waals surface area contributed by atoms with E-state index < -0.39 is 0 Å². The number of aryl methyl sites for hydroxylation is 2. The first-order chi connectivity index (χ1) is 9.10. The molecule has 0 atom stereocenters. The van der Waals surface area contributed by atoms with E-state index in [9.17, 15) is 4.79 Å². The van der Waals surface area contributed by atoms with Crippen molar-refractivity contribution in [3.8, 4) is 16.9 Å². The molecule has 0 aliphatic rings. The molecular weight excluding hydrogens is 242 g/mol. The molecule has 0 aliphatic carbocycles. The molecule has 19 heavy (non-hydrogen) atoms. The zero-order valence-electron chi connectivity index (χ0n) is 11.5. The van der Waals surface area contributed by atoms with Crippen LogP contribution < -0.4 is 4.74 Å². The molecule has 0 bridgehead atoms. The third-order valence-electron chi connectivity index (χ3n) is 3.14. The SMILES string of the molecule is COC(=O)c1c(C)[nH]c(C)c1-c1ccccc1OC. The van der Waals surface area contributed by atoms with Crippen LogP contribution in [0.1, 0.15) is 21.7 Å². The van der Waals surface area contributed by atoms with Crippen LogP contribution in [0.2, 0.25) is 0 Å². The lowest BCUT2D eigenvalue weighted by Gasteiger charge is -2.10. The molecule has 0 amide bonds. The molecule has 4 heteroatoms. The number of esters is 1. The number of hydrogen-bond donors (Lipinski definition) is 1. The predicted octanol–water partition coefficient (Wildman–Crippen LogP) is 3.09. The van der Waals surface area contributed by atoms with Gasteiger partial charge >= 0.3 is 5.97 Å². The number of carbonyl (C=O) groups is 1. The van der Waals surface area contributed by atoms with E-state index in [1.807, 2.05) is 38.1 Å². The van der Waals surface area contributed by atoms with Crippen molar-refractivity contribution >= 4 is 5.97 Å². The number of nitrogens with one attached hydrogen (secondary N) is 1. The maximum Gasteiger partial charge on any atom is 0.340 e. The van der Waals surface area contributed by atoms with Gasteiger partial charge in [0.2, 0.25) is 0 Å². The van der Waals surface area contributed by atoms with Crippen molar-refractivity contribution in [2.45, 2.75) is 13.8 Å². The van der Waals surface area contributed by atoms with Gasteiger partial charge in [-0.15, -0.1) is 0 Å². The van der Waals surface area contributed by atoms with Gasteiger partial charge in [-0.3, -0.25) is 0 Å². The molecule has 0 unspecified atom stereocenters. The van der Waals surface area contributed by atoms with Crippen LogP contribution in [0.25, 0.3) is 11.1 Å². The second kappa shape index (κ2) is 5.18. The molecule has 0 radical (unpaired) electrons. The fourth-order valence-corrected chi connectivity index (χ4v) is 2.33. The Morgan fingerprint density at radius 1 is 1.11 bits per heavy atom. The molecule has 0 aliphatic heterocycles. The van der Waals surface area contributed by atoms with Crippen LogP contribution in [-0.4, -0.2) is 25.2 Å². The molecule has 4 nitrogen and oxygen atoms in total. The van der Waals surface area contributed by atoms with Gasteiger partial charge in [0.1, 0.15) is 5.75 Å². The first-order valence-electron chi connectivity index (χ1n) is 6.01. The fraction of sp³-hybridized carbons (Fsp3) is 0.267. The monoisotopic (exact) mass is 259 g/mol. The van der Waals surface area contributed by atoms with Crippen LogP contribution in [0.5, 0.6) is 5.75 Å². The second-order valence-electron chi connectivity index (χ2n) is 4.32. The highest BCUT2D eigenvalue weighted by molar-refractivity contribution is 6.00. The number of hydrogen-bond acceptors (Lipinski definition) is 3. The van der Waals surface area contributed by atoms with Gasteiger partial charge < -0.3 is 14.5 Å². The number of ether oxygens (including phenoxy) is 2. The van der Waals surface area contributed by atoms with Crippen LogP contribution in [0.15, 0.2) is 24.3 Å². The van der Waals surface area contributed by atoms with E-state index in [2.05, 4.69) is 4.98 Å². The summed E-state index contributed by atoms with van der Waals surface area (Å²) in [5.41, 5.74) is 3.99. The van der Waals surface area contributed by atoms with Gasteiger partial charge in [0, 0.05) is 22.5 Å². The molecule has 0 saturated heterocycles. The van der Waals surface area contributed by atoms with Crippen LogP contribution in [-0.2, 0) is 4.74 Å². The van der Waals surface area contributed by atoms with Crippen molar-refractivity contribution in [2.75, 3.05) is 14.2 Å². The van der Waals surface area contributed by atoms with Gasteiger partial charge in [-0.25, -0.2) is 4.79 Å². The number of para-hydroxylation sites is 1. The van der Waals surface area contributed by atoms with Crippen molar-refractivity contribution in [2.24, 2.45) is 0 Å². The number of H-pyrrole nitrogens is 1. The van der Waals surface area contributed by atoms with E-state index in [0.29, 0.717) is 5.56 Å². The van der Waals surface area contributed by atoms with Gasteiger partial charge in [0.15, 0.2) is 0 Å². The third-order valence-corrected chi connectivity index (χ3v) is 3.14. The van der Waals surface area contributed by atoms with Gasteiger partial charge in [-0.1, -0.05) is 18.2 Å². The predicted molar refractivity (Wildman–Crippen MR) is 73.6 cm³/mol. The topological polar surface area (TPSA) is 51.3 Å². The highest BCUT2D eigenvalue weighted by Crippen LogP contribution is 2.36. The zero-order chi connectivity index (χ0) is 14.0. The first kappa shape index (κ1) is 13.2. The maximum absolute atomic E-state index is 12.0. The number of rotatable bonds is 3. The molecule has 2 rings (SSSR count). The average Bonchev–Trinajstić information content (AvgIpc) is 2.72. The molecule has 1 N–H and O–H groups in total. The van der Waals surface area contributed by atoms with Crippen LogP contribution in [0, 0.1) is 13.8 Å². The summed E-state index contributed by atoms with van der Waals surface area (Å²) < 4.78 is 10.2. The summed E-state index contributed by atoms with van der Waals surface area (Å²) in [6.45, 7) is 3.79. The summed E-state index contributed by atoms with van der Waals surface area (Å²) in [6, 6.07) is 7.62. The average molecular weight is 259 g/mol. The molecule has 2 aromatic rings. The lowest BCUT2D eigenvalue weighted by atomic mass is 9.99. The Bertz CT molecular complexity index is 614. The first-order valence-corrected chi connectivity index (χ1v) is 6.01. The van der Waals surface area contributed by atoms with E-state index >= 15 is 0 Å². The number of aromatic amines is 1. The number of methoxy groups -OCH3 is 2. The minimum atomic E-state index is -0.345. The van der Waals surface area contributed by atoms with Gasteiger partial charge in [-0.05, 0) is 19.9 Å². The number of carbonyl (C=O) groups excluding carboxylic acids is 1. The highest BCUT2D eigenvalue weighted by Gasteiger charge is 2.22. The Morgan fingerprint density at radius 2 is 1.79 bits per heavy atom. The lowest BCUT2D eigenvalue weighted by Crippen LogP contribution is -2.04. The van der Waals surface area contributed by atoms with Crippen molar-refractivity contribution in [1.29, 1.82) is 0 Å². The summed E-state index contributed by atoms with van der Waals surface area (Å²) in [6.07, 6.45) is 0. The third kappa shape index (κ3) is 2.21. The van der Waals surface area contributed by atoms with Crippen LogP contribution in [0.3, 0.4) is 0 Å². The molecule has 100 valence electrons. The Kier molecular flexibility index (Phi) is 3.60. The van der Waals surface area contributed by atoms with Crippen molar-refractivity contribution < 1.29 is 14.3 Å². The maximum atomic E-state index is 12.0. The second-order valence-corrected chi connectivity index (χ2v) is 4.32.